The van der Waals surface area contributed by atoms with E-state index in [1.165, 1.54) is 17.0 Å². The lowest BCUT2D eigenvalue weighted by molar-refractivity contribution is -0.123. The second-order valence-electron chi connectivity index (χ2n) is 9.11. The van der Waals surface area contributed by atoms with Crippen molar-refractivity contribution in [3.63, 3.8) is 0 Å². The normalized spacial score (nSPS) is 24.5. The molecule has 174 valence electrons. The number of carbonyl (C=O) groups excluding carboxylic acids is 4. The molecule has 0 radical (unpaired) electrons. The van der Waals surface area contributed by atoms with Gasteiger partial charge in [0.15, 0.2) is 6.61 Å². The molecule has 2 fully saturated rings. The standard InChI is InChI=1S/C26H23BrN2O5/c1-13-9-18(10-14(2)23(13)27)28-20(30)12-34-26(33)15-5-7-19(8-6-15)29-24(31)21-16-3-4-17(11-16)22(21)25(29)32/h3-10,16-17,21-22H,11-12H2,1-2H3,(H,28,30)/t16-,17-,21-,22-/m0/s1. The molecule has 2 aromatic carbocycles. The van der Waals surface area contributed by atoms with Gasteiger partial charge in [0, 0.05) is 10.2 Å². The van der Waals surface area contributed by atoms with Gasteiger partial charge in [-0.15, -0.1) is 0 Å². The zero-order chi connectivity index (χ0) is 24.1. The van der Waals surface area contributed by atoms with Gasteiger partial charge in [0.1, 0.15) is 0 Å². The Morgan fingerprint density at radius 1 is 1.00 bits per heavy atom. The summed E-state index contributed by atoms with van der Waals surface area (Å²) >= 11 is 3.48. The summed E-state index contributed by atoms with van der Waals surface area (Å²) in [5.41, 5.74) is 3.26. The molecule has 4 atom stereocenters. The van der Waals surface area contributed by atoms with Crippen LogP contribution in [0.4, 0.5) is 11.4 Å². The van der Waals surface area contributed by atoms with Gasteiger partial charge in [-0.2, -0.15) is 0 Å². The number of halogens is 1. The number of nitrogens with one attached hydrogen (secondary N) is 1. The molecule has 2 aromatic rings. The molecule has 1 heterocycles. The highest BCUT2D eigenvalue weighted by atomic mass is 79.9. The van der Waals surface area contributed by atoms with Crippen molar-refractivity contribution in [2.75, 3.05) is 16.8 Å². The molecule has 5 rings (SSSR count). The van der Waals surface area contributed by atoms with Crippen LogP contribution >= 0.6 is 15.9 Å². The summed E-state index contributed by atoms with van der Waals surface area (Å²) in [4.78, 5) is 51.7. The number of allylic oxidation sites excluding steroid dienone is 2. The molecule has 34 heavy (non-hydrogen) atoms. The second kappa shape index (κ2) is 8.51. The van der Waals surface area contributed by atoms with Gasteiger partial charge in [0.2, 0.25) is 11.8 Å². The number of ether oxygens (including phenoxy) is 1. The van der Waals surface area contributed by atoms with E-state index in [0.29, 0.717) is 11.4 Å². The predicted molar refractivity (Wildman–Crippen MR) is 129 cm³/mol. The topological polar surface area (TPSA) is 92.8 Å². The summed E-state index contributed by atoms with van der Waals surface area (Å²) in [7, 11) is 0. The summed E-state index contributed by atoms with van der Waals surface area (Å²) in [6.45, 7) is 3.41. The number of amides is 3. The fourth-order valence-corrected chi connectivity index (χ4v) is 5.56. The minimum atomic E-state index is -0.664. The van der Waals surface area contributed by atoms with Crippen LogP contribution in [0.15, 0.2) is 53.0 Å². The van der Waals surface area contributed by atoms with Gasteiger partial charge < -0.3 is 10.1 Å². The van der Waals surface area contributed by atoms with Crippen molar-refractivity contribution in [2.24, 2.45) is 23.7 Å². The molecule has 0 unspecified atom stereocenters. The third kappa shape index (κ3) is 3.76. The van der Waals surface area contributed by atoms with Gasteiger partial charge >= 0.3 is 5.97 Å². The van der Waals surface area contributed by atoms with E-state index in [9.17, 15) is 19.2 Å². The first-order valence-electron chi connectivity index (χ1n) is 11.1. The SMILES string of the molecule is Cc1cc(NC(=O)COC(=O)c2ccc(N3C(=O)[C@@H]4[C@@H](C3=O)[C@H]3C=C[C@H]4C3)cc2)cc(C)c1Br. The molecule has 0 spiro atoms. The lowest BCUT2D eigenvalue weighted by Gasteiger charge is -2.17. The minimum absolute atomic E-state index is 0.141. The van der Waals surface area contributed by atoms with Crippen molar-refractivity contribution in [3.05, 3.63) is 69.7 Å². The van der Waals surface area contributed by atoms with Crippen LogP contribution in [0, 0.1) is 37.5 Å². The highest BCUT2D eigenvalue weighted by molar-refractivity contribution is 9.10. The van der Waals surface area contributed by atoms with E-state index in [4.69, 9.17) is 4.74 Å². The molecule has 8 heteroatoms. The first-order chi connectivity index (χ1) is 16.2. The molecule has 0 aromatic heterocycles. The number of carbonyl (C=O) groups is 4. The Bertz CT molecular complexity index is 1200. The van der Waals surface area contributed by atoms with E-state index in [0.717, 1.165) is 22.0 Å². The Labute approximate surface area is 205 Å². The number of benzene rings is 2. The van der Waals surface area contributed by atoms with Crippen molar-refractivity contribution in [3.8, 4) is 0 Å². The molecule has 2 aliphatic carbocycles. The Kier molecular flexibility index (Phi) is 5.64. The quantitative estimate of drug-likeness (QED) is 0.361. The van der Waals surface area contributed by atoms with Crippen LogP contribution < -0.4 is 10.2 Å². The summed E-state index contributed by atoms with van der Waals surface area (Å²) in [5.74, 6) is -1.72. The molecular weight excluding hydrogens is 500 g/mol. The molecule has 1 N–H and O–H groups in total. The zero-order valence-electron chi connectivity index (χ0n) is 18.7. The molecule has 3 amide bonds. The Balaban J connectivity index is 1.20. The highest BCUT2D eigenvalue weighted by Gasteiger charge is 2.59. The zero-order valence-corrected chi connectivity index (χ0v) is 20.3. The summed E-state index contributed by atoms with van der Waals surface area (Å²) in [6, 6.07) is 9.78. The Hall–Kier alpha value is -3.26. The number of nitrogens with zero attached hydrogens (tertiary/aromatic N) is 1. The maximum atomic E-state index is 12.9. The Morgan fingerprint density at radius 3 is 2.12 bits per heavy atom. The fourth-order valence-electron chi connectivity index (χ4n) is 5.33. The fraction of sp³-hybridized carbons (Fsp3) is 0.308. The van der Waals surface area contributed by atoms with Gasteiger partial charge in [-0.05, 0) is 79.6 Å². The molecule has 1 saturated heterocycles. The summed E-state index contributed by atoms with van der Waals surface area (Å²) in [5, 5.41) is 2.72. The highest BCUT2D eigenvalue weighted by Crippen LogP contribution is 2.53. The third-order valence-corrected chi connectivity index (χ3v) is 8.14. The van der Waals surface area contributed by atoms with Crippen LogP contribution in [0.25, 0.3) is 0 Å². The summed E-state index contributed by atoms with van der Waals surface area (Å²) in [6.07, 6.45) is 4.98. The van der Waals surface area contributed by atoms with E-state index >= 15 is 0 Å². The first-order valence-corrected chi connectivity index (χ1v) is 11.9. The Morgan fingerprint density at radius 2 is 1.56 bits per heavy atom. The lowest BCUT2D eigenvalue weighted by Crippen LogP contribution is -2.32. The van der Waals surface area contributed by atoms with Gasteiger partial charge in [-0.1, -0.05) is 28.1 Å². The van der Waals surface area contributed by atoms with Gasteiger partial charge in [-0.3, -0.25) is 19.3 Å². The number of aryl methyl sites for hydroxylation is 2. The van der Waals surface area contributed by atoms with Gasteiger partial charge in [0.05, 0.1) is 23.1 Å². The number of hydrogen-bond acceptors (Lipinski definition) is 5. The molecule has 1 saturated carbocycles. The molecule has 7 nitrogen and oxygen atoms in total. The van der Waals surface area contributed by atoms with Crippen molar-refractivity contribution >= 4 is 51.0 Å². The van der Waals surface area contributed by atoms with Crippen LogP contribution in [0.5, 0.6) is 0 Å². The number of hydrogen-bond donors (Lipinski definition) is 1. The predicted octanol–water partition coefficient (Wildman–Crippen LogP) is 4.17. The smallest absolute Gasteiger partial charge is 0.338 e. The van der Waals surface area contributed by atoms with Crippen molar-refractivity contribution < 1.29 is 23.9 Å². The number of esters is 1. The summed E-state index contributed by atoms with van der Waals surface area (Å²) < 4.78 is 6.11. The van der Waals surface area contributed by atoms with Crippen LogP contribution in [0.2, 0.25) is 0 Å². The van der Waals surface area contributed by atoms with Crippen LogP contribution in [0.1, 0.15) is 27.9 Å². The molecule has 3 aliphatic rings. The van der Waals surface area contributed by atoms with Crippen LogP contribution in [0.3, 0.4) is 0 Å². The lowest BCUT2D eigenvalue weighted by atomic mass is 9.85. The molecule has 2 bridgehead atoms. The van der Waals surface area contributed by atoms with Gasteiger partial charge in [-0.25, -0.2) is 4.79 Å². The van der Waals surface area contributed by atoms with Crippen molar-refractivity contribution in [2.45, 2.75) is 20.3 Å². The number of imide groups is 1. The van der Waals surface area contributed by atoms with E-state index in [1.807, 2.05) is 26.0 Å². The number of fused-ring (bicyclic) bond motifs is 5. The number of anilines is 2. The van der Waals surface area contributed by atoms with Crippen LogP contribution in [-0.4, -0.2) is 30.3 Å². The van der Waals surface area contributed by atoms with E-state index in [1.54, 1.807) is 12.1 Å². The van der Waals surface area contributed by atoms with E-state index < -0.39 is 18.5 Å². The van der Waals surface area contributed by atoms with Crippen molar-refractivity contribution in [1.29, 1.82) is 0 Å². The minimum Gasteiger partial charge on any atom is -0.452 e. The second-order valence-corrected chi connectivity index (χ2v) is 9.90. The average Bonchev–Trinajstić information content (AvgIpc) is 3.49. The third-order valence-electron chi connectivity index (χ3n) is 6.89. The van der Waals surface area contributed by atoms with Crippen molar-refractivity contribution in [1.82, 2.24) is 0 Å². The maximum absolute atomic E-state index is 12.9. The van der Waals surface area contributed by atoms with Gasteiger partial charge in [0.25, 0.3) is 5.91 Å². The monoisotopic (exact) mass is 522 g/mol. The average molecular weight is 523 g/mol. The number of rotatable bonds is 5. The van der Waals surface area contributed by atoms with Crippen LogP contribution in [-0.2, 0) is 19.1 Å². The van der Waals surface area contributed by atoms with E-state index in [-0.39, 0.29) is 41.0 Å². The van der Waals surface area contributed by atoms with E-state index in [2.05, 4.69) is 33.4 Å². The molecular formula is C26H23BrN2O5. The maximum Gasteiger partial charge on any atom is 0.338 e. The first kappa shape index (κ1) is 22.5. The largest absolute Gasteiger partial charge is 0.452 e. The molecule has 1 aliphatic heterocycles.